The molecule has 4 bridgehead atoms. The highest BCUT2D eigenvalue weighted by Gasteiger charge is 2.51. The Kier molecular flexibility index (Phi) is 4.35. The van der Waals surface area contributed by atoms with E-state index < -0.39 is 0 Å². The number of aromatic amines is 1. The molecule has 4 saturated carbocycles. The number of rotatable bonds is 3. The molecule has 4 aliphatic carbocycles. The Labute approximate surface area is 202 Å². The molecule has 0 unspecified atom stereocenters. The summed E-state index contributed by atoms with van der Waals surface area (Å²) in [5, 5.41) is 11.8. The highest BCUT2D eigenvalue weighted by molar-refractivity contribution is 6.33. The summed E-state index contributed by atoms with van der Waals surface area (Å²) < 4.78 is 2.03. The van der Waals surface area contributed by atoms with Crippen molar-refractivity contribution in [2.45, 2.75) is 51.0 Å². The van der Waals surface area contributed by atoms with E-state index in [9.17, 15) is 4.79 Å². The Balaban J connectivity index is 1.32. The number of nitrogens with one attached hydrogen (secondary N) is 2. The number of H-pyrrole nitrogens is 1. The van der Waals surface area contributed by atoms with Crippen LogP contribution < -0.4 is 9.72 Å². The Morgan fingerprint density at radius 2 is 1.79 bits per heavy atom. The summed E-state index contributed by atoms with van der Waals surface area (Å²) in [5.74, 6) is 3.08. The topological polar surface area (TPSA) is 74.8 Å². The van der Waals surface area contributed by atoms with E-state index in [1.807, 2.05) is 53.8 Å². The summed E-state index contributed by atoms with van der Waals surface area (Å²) in [6.45, 7) is 1.96. The minimum Gasteiger partial charge on any atom is -0.347 e. The van der Waals surface area contributed by atoms with Crippen molar-refractivity contribution >= 4 is 34.2 Å². The Morgan fingerprint density at radius 1 is 1.09 bits per heavy atom. The predicted octanol–water partition coefficient (Wildman–Crippen LogP) is 5.02. The molecule has 8 rings (SSSR count). The van der Waals surface area contributed by atoms with E-state index in [2.05, 4.69) is 15.5 Å². The molecule has 6 nitrogen and oxygen atoms in total. The molecule has 2 heterocycles. The van der Waals surface area contributed by atoms with Crippen LogP contribution in [0.3, 0.4) is 0 Å². The van der Waals surface area contributed by atoms with Gasteiger partial charge in [-0.1, -0.05) is 23.7 Å². The number of aromatic nitrogens is 4. The summed E-state index contributed by atoms with van der Waals surface area (Å²) in [4.78, 5) is 18.3. The second-order valence-electron chi connectivity index (χ2n) is 10.8. The number of nitrogens with zero attached hydrogens (tertiary/aromatic N) is 3. The van der Waals surface area contributed by atoms with Gasteiger partial charge in [-0.05, 0) is 93.5 Å². The molecule has 172 valence electrons. The molecule has 0 aliphatic heterocycles. The zero-order valence-corrected chi connectivity index (χ0v) is 19.9. The highest BCUT2D eigenvalue weighted by atomic mass is 35.5. The maximum Gasteiger partial charge on any atom is 0.315 e. The molecule has 1 amide bonds. The first kappa shape index (κ1) is 20.4. The predicted molar refractivity (Wildman–Crippen MR) is 131 cm³/mol. The van der Waals surface area contributed by atoms with Crippen LogP contribution in [0.2, 0.25) is 5.02 Å². The number of halogens is 1. The lowest BCUT2D eigenvalue weighted by atomic mass is 9.53. The number of carbonyl (C=O) groups is 1. The first-order chi connectivity index (χ1) is 16.5. The van der Waals surface area contributed by atoms with E-state index in [-0.39, 0.29) is 11.4 Å². The number of fused-ring (bicyclic) bond motifs is 3. The molecule has 0 saturated heterocycles. The van der Waals surface area contributed by atoms with Gasteiger partial charge in [0.15, 0.2) is 0 Å². The van der Waals surface area contributed by atoms with Crippen molar-refractivity contribution in [2.75, 3.05) is 0 Å². The molecule has 2 aromatic carbocycles. The quantitative estimate of drug-likeness (QED) is 0.411. The summed E-state index contributed by atoms with van der Waals surface area (Å²) in [5.41, 5.74) is 4.75. The van der Waals surface area contributed by atoms with Crippen LogP contribution in [-0.2, 0) is 0 Å². The van der Waals surface area contributed by atoms with Crippen LogP contribution in [0.1, 0.15) is 54.6 Å². The van der Waals surface area contributed by atoms with Crippen LogP contribution >= 0.6 is 11.6 Å². The Bertz CT molecular complexity index is 1440. The first-order valence-corrected chi connectivity index (χ1v) is 12.6. The summed E-state index contributed by atoms with van der Waals surface area (Å²) >= 11 is 6.51. The van der Waals surface area contributed by atoms with E-state index in [1.54, 1.807) is 0 Å². The molecule has 4 aliphatic rings. The van der Waals surface area contributed by atoms with Gasteiger partial charge in [-0.25, -0.2) is 4.98 Å². The van der Waals surface area contributed by atoms with Crippen LogP contribution in [0, 0.1) is 24.7 Å². The lowest BCUT2D eigenvalue weighted by Crippen LogP contribution is -2.59. The third-order valence-corrected chi connectivity index (χ3v) is 8.67. The molecule has 2 aromatic heterocycles. The largest absolute Gasteiger partial charge is 0.347 e. The van der Waals surface area contributed by atoms with Gasteiger partial charge in [0, 0.05) is 16.2 Å². The molecular weight excluding hydrogens is 446 g/mol. The van der Waals surface area contributed by atoms with Crippen LogP contribution in [-0.4, -0.2) is 26.6 Å². The molecule has 0 spiro atoms. The minimum atomic E-state index is -0.0207. The summed E-state index contributed by atoms with van der Waals surface area (Å²) in [6.07, 6.45) is 7.48. The smallest absolute Gasteiger partial charge is 0.315 e. The van der Waals surface area contributed by atoms with Crippen molar-refractivity contribution < 1.29 is 9.20 Å². The fourth-order valence-corrected chi connectivity index (χ4v) is 7.58. The fourth-order valence-electron chi connectivity index (χ4n) is 7.36. The SMILES string of the molecule is Cc1nc2ccc(C(=O)NC34CC5CC(CC(C5)C3)C4)cc2[n+]2c(-c3ccccc3Cl)n[nH]c12. The zero-order valence-electron chi connectivity index (χ0n) is 19.1. The number of hydrogen-bond donors (Lipinski definition) is 2. The number of carbonyl (C=O) groups excluding carboxylic acids is 1. The van der Waals surface area contributed by atoms with Gasteiger partial charge >= 0.3 is 5.82 Å². The van der Waals surface area contributed by atoms with E-state index in [0.29, 0.717) is 16.4 Å². The molecule has 4 aromatic rings. The van der Waals surface area contributed by atoms with Crippen LogP contribution in [0.15, 0.2) is 42.5 Å². The number of hydrogen-bond acceptors (Lipinski definition) is 3. The van der Waals surface area contributed by atoms with Gasteiger partial charge in [0.25, 0.3) is 11.6 Å². The van der Waals surface area contributed by atoms with Crippen LogP contribution in [0.5, 0.6) is 0 Å². The summed E-state index contributed by atoms with van der Waals surface area (Å²) in [7, 11) is 0. The molecule has 0 atom stereocenters. The fraction of sp³-hybridized carbons (Fsp3) is 0.407. The monoisotopic (exact) mass is 472 g/mol. The number of aryl methyl sites for hydroxylation is 1. The maximum atomic E-state index is 13.5. The van der Waals surface area contributed by atoms with Crippen molar-refractivity contribution in [3.05, 3.63) is 58.7 Å². The van der Waals surface area contributed by atoms with Crippen molar-refractivity contribution in [1.82, 2.24) is 20.5 Å². The highest BCUT2D eigenvalue weighted by Crippen LogP contribution is 2.55. The summed E-state index contributed by atoms with van der Waals surface area (Å²) in [6, 6.07) is 13.4. The van der Waals surface area contributed by atoms with Gasteiger partial charge in [0.1, 0.15) is 16.7 Å². The van der Waals surface area contributed by atoms with E-state index in [1.165, 1.54) is 19.3 Å². The molecule has 0 radical (unpaired) electrons. The third-order valence-electron chi connectivity index (χ3n) is 8.34. The molecule has 4 fully saturated rings. The molecule has 34 heavy (non-hydrogen) atoms. The Hall–Kier alpha value is -2.99. The molecular formula is C27H27ClN5O+. The lowest BCUT2D eigenvalue weighted by Gasteiger charge is -2.56. The van der Waals surface area contributed by atoms with Gasteiger partial charge in [-0.2, -0.15) is 4.40 Å². The Morgan fingerprint density at radius 3 is 2.50 bits per heavy atom. The van der Waals surface area contributed by atoms with Gasteiger partial charge in [0.2, 0.25) is 0 Å². The van der Waals surface area contributed by atoms with Crippen molar-refractivity contribution in [3.8, 4) is 11.4 Å². The van der Waals surface area contributed by atoms with Crippen LogP contribution in [0.25, 0.3) is 28.1 Å². The van der Waals surface area contributed by atoms with E-state index >= 15 is 0 Å². The number of benzene rings is 2. The molecule has 7 heteroatoms. The number of amides is 1. The van der Waals surface area contributed by atoms with Gasteiger partial charge in [-0.15, -0.1) is 5.10 Å². The average molecular weight is 473 g/mol. The third kappa shape index (κ3) is 3.08. The lowest BCUT2D eigenvalue weighted by molar-refractivity contribution is -0.469. The van der Waals surface area contributed by atoms with Crippen molar-refractivity contribution in [3.63, 3.8) is 0 Å². The van der Waals surface area contributed by atoms with E-state index in [4.69, 9.17) is 16.6 Å². The zero-order chi connectivity index (χ0) is 23.0. The van der Waals surface area contributed by atoms with Gasteiger partial charge in [0.05, 0.1) is 10.6 Å². The average Bonchev–Trinajstić information content (AvgIpc) is 3.24. The second-order valence-corrected chi connectivity index (χ2v) is 11.2. The van der Waals surface area contributed by atoms with E-state index in [0.717, 1.165) is 65.0 Å². The van der Waals surface area contributed by atoms with Gasteiger partial charge in [-0.3, -0.25) is 4.79 Å². The minimum absolute atomic E-state index is 0.0148. The van der Waals surface area contributed by atoms with Gasteiger partial charge < -0.3 is 5.32 Å². The maximum absolute atomic E-state index is 13.5. The van der Waals surface area contributed by atoms with Crippen molar-refractivity contribution in [1.29, 1.82) is 0 Å². The van der Waals surface area contributed by atoms with Crippen LogP contribution in [0.4, 0.5) is 0 Å². The van der Waals surface area contributed by atoms with Crippen molar-refractivity contribution in [2.24, 2.45) is 17.8 Å². The second kappa shape index (κ2) is 7.25. The molecule has 2 N–H and O–H groups in total. The standard InChI is InChI=1S/C27H26ClN5O/c1-15-24-31-32-25(20-4-2-3-5-21(20)28)33(24)23-11-19(6-7-22(23)29-15)26(34)30-27-12-16-8-17(13-27)10-18(9-16)14-27/h2-7,11,16-18H,8-10,12-14H2,1H3,(H,30,34)/p+1. The normalized spacial score (nSPS) is 27.5. The first-order valence-electron chi connectivity index (χ1n) is 12.3.